The smallest absolute Gasteiger partial charge is 0.405 e. The molecule has 1 aromatic rings. The molecule has 1 aromatic carbocycles. The molecule has 1 aliphatic rings. The van der Waals surface area contributed by atoms with Gasteiger partial charge in [-0.1, -0.05) is 25.0 Å². The first-order chi connectivity index (χ1) is 8.82. The average molecular weight is 273 g/mol. The van der Waals surface area contributed by atoms with Crippen LogP contribution in [0.2, 0.25) is 0 Å². The minimum Gasteiger partial charge on any atom is -0.405 e. The van der Waals surface area contributed by atoms with Crippen LogP contribution < -0.4 is 10.5 Å². The molecule has 0 saturated heterocycles. The van der Waals surface area contributed by atoms with Crippen LogP contribution in [0.5, 0.6) is 5.75 Å². The summed E-state index contributed by atoms with van der Waals surface area (Å²) in [5.41, 5.74) is 4.81. The van der Waals surface area contributed by atoms with Crippen LogP contribution in [0.25, 0.3) is 0 Å². The molecule has 2 rings (SSSR count). The van der Waals surface area contributed by atoms with Gasteiger partial charge in [-0.25, -0.2) is 0 Å². The molecule has 0 spiro atoms. The van der Waals surface area contributed by atoms with Crippen molar-refractivity contribution in [2.24, 2.45) is 5.73 Å². The Kier molecular flexibility index (Phi) is 3.54. The summed E-state index contributed by atoms with van der Waals surface area (Å²) in [6.45, 7) is 0. The van der Waals surface area contributed by atoms with Crippen LogP contribution in [-0.2, 0) is 0 Å². The fourth-order valence-electron chi connectivity index (χ4n) is 2.37. The number of ether oxygens (including phenoxy) is 1. The SMILES string of the molecule is NC1(C(=O)c2ccccc2OC(F)(F)F)CCCC1. The summed E-state index contributed by atoms with van der Waals surface area (Å²) in [7, 11) is 0. The zero-order chi connectivity index (χ0) is 14.1. The van der Waals surface area contributed by atoms with Crippen LogP contribution in [0.4, 0.5) is 13.2 Å². The maximum atomic E-state index is 12.3. The van der Waals surface area contributed by atoms with E-state index in [9.17, 15) is 18.0 Å². The van der Waals surface area contributed by atoms with Crippen molar-refractivity contribution >= 4 is 5.78 Å². The highest BCUT2D eigenvalue weighted by Crippen LogP contribution is 2.34. The Balaban J connectivity index is 2.32. The van der Waals surface area contributed by atoms with Gasteiger partial charge in [-0.3, -0.25) is 4.79 Å². The van der Waals surface area contributed by atoms with E-state index >= 15 is 0 Å². The first-order valence-electron chi connectivity index (χ1n) is 6.00. The Morgan fingerprint density at radius 1 is 1.21 bits per heavy atom. The number of rotatable bonds is 3. The van der Waals surface area contributed by atoms with E-state index in [2.05, 4.69) is 4.74 Å². The van der Waals surface area contributed by atoms with Crippen molar-refractivity contribution < 1.29 is 22.7 Å². The number of ketones is 1. The van der Waals surface area contributed by atoms with Crippen LogP contribution in [-0.4, -0.2) is 17.7 Å². The summed E-state index contributed by atoms with van der Waals surface area (Å²) in [5.74, 6) is -0.971. The second-order valence-electron chi connectivity index (χ2n) is 4.74. The highest BCUT2D eigenvalue weighted by Gasteiger charge is 2.40. The monoisotopic (exact) mass is 273 g/mol. The van der Waals surface area contributed by atoms with Gasteiger partial charge in [0.1, 0.15) is 5.75 Å². The van der Waals surface area contributed by atoms with E-state index in [1.165, 1.54) is 18.2 Å². The van der Waals surface area contributed by atoms with Crippen molar-refractivity contribution in [1.29, 1.82) is 0 Å². The summed E-state index contributed by atoms with van der Waals surface area (Å²) in [5, 5.41) is 0. The lowest BCUT2D eigenvalue weighted by Gasteiger charge is -2.23. The lowest BCUT2D eigenvalue weighted by Crippen LogP contribution is -2.45. The summed E-state index contributed by atoms with van der Waals surface area (Å²) >= 11 is 0. The Bertz CT molecular complexity index is 479. The average Bonchev–Trinajstić information content (AvgIpc) is 2.75. The molecule has 0 bridgehead atoms. The van der Waals surface area contributed by atoms with Gasteiger partial charge in [0.2, 0.25) is 0 Å². The lowest BCUT2D eigenvalue weighted by molar-refractivity contribution is -0.274. The zero-order valence-electron chi connectivity index (χ0n) is 10.2. The molecule has 1 aliphatic carbocycles. The summed E-state index contributed by atoms with van der Waals surface area (Å²) in [6.07, 6.45) is -2.22. The summed E-state index contributed by atoms with van der Waals surface area (Å²) in [6, 6.07) is 5.32. The number of nitrogens with two attached hydrogens (primary N) is 1. The number of carbonyl (C=O) groups excluding carboxylic acids is 1. The van der Waals surface area contributed by atoms with E-state index < -0.39 is 23.4 Å². The molecule has 0 radical (unpaired) electrons. The third-order valence-electron chi connectivity index (χ3n) is 3.31. The minimum absolute atomic E-state index is 0.107. The van der Waals surface area contributed by atoms with Crippen LogP contribution in [0.15, 0.2) is 24.3 Å². The van der Waals surface area contributed by atoms with Gasteiger partial charge in [0, 0.05) is 0 Å². The van der Waals surface area contributed by atoms with E-state index in [0.29, 0.717) is 12.8 Å². The first kappa shape index (κ1) is 13.9. The molecule has 0 unspecified atom stereocenters. The number of alkyl halides is 3. The molecule has 3 nitrogen and oxygen atoms in total. The quantitative estimate of drug-likeness (QED) is 0.861. The second-order valence-corrected chi connectivity index (χ2v) is 4.74. The van der Waals surface area contributed by atoms with Crippen LogP contribution in [0.3, 0.4) is 0 Å². The molecule has 0 aliphatic heterocycles. The van der Waals surface area contributed by atoms with Crippen molar-refractivity contribution in [2.45, 2.75) is 37.6 Å². The fraction of sp³-hybridized carbons (Fsp3) is 0.462. The van der Waals surface area contributed by atoms with Gasteiger partial charge in [-0.15, -0.1) is 13.2 Å². The van der Waals surface area contributed by atoms with E-state index in [0.717, 1.165) is 18.9 Å². The van der Waals surface area contributed by atoms with Crippen molar-refractivity contribution in [3.05, 3.63) is 29.8 Å². The highest BCUT2D eigenvalue weighted by molar-refractivity contribution is 6.05. The zero-order valence-corrected chi connectivity index (χ0v) is 10.2. The molecular weight excluding hydrogens is 259 g/mol. The largest absolute Gasteiger partial charge is 0.573 e. The lowest BCUT2D eigenvalue weighted by atomic mass is 9.88. The number of Topliss-reactive ketones (excluding diaryl/α,β-unsaturated/α-hetero) is 1. The molecule has 0 amide bonds. The number of halogens is 3. The van der Waals surface area contributed by atoms with Gasteiger partial charge in [0.25, 0.3) is 0 Å². The number of benzene rings is 1. The molecule has 0 atom stereocenters. The molecule has 104 valence electrons. The Labute approximate surface area is 108 Å². The Hall–Kier alpha value is -1.56. The fourth-order valence-corrected chi connectivity index (χ4v) is 2.37. The van der Waals surface area contributed by atoms with Gasteiger partial charge in [0.05, 0.1) is 11.1 Å². The molecule has 1 saturated carbocycles. The molecule has 0 aromatic heterocycles. The van der Waals surface area contributed by atoms with Crippen molar-refractivity contribution in [3.8, 4) is 5.75 Å². The van der Waals surface area contributed by atoms with E-state index in [1.807, 2.05) is 0 Å². The Morgan fingerprint density at radius 2 is 1.79 bits per heavy atom. The van der Waals surface area contributed by atoms with Crippen LogP contribution >= 0.6 is 0 Å². The molecular formula is C13H14F3NO2. The van der Waals surface area contributed by atoms with E-state index in [-0.39, 0.29) is 5.56 Å². The highest BCUT2D eigenvalue weighted by atomic mass is 19.4. The van der Waals surface area contributed by atoms with Crippen molar-refractivity contribution in [1.82, 2.24) is 0 Å². The molecule has 1 fully saturated rings. The standard InChI is InChI=1S/C13H14F3NO2/c14-13(15,16)19-10-6-2-1-5-9(10)11(18)12(17)7-3-4-8-12/h1-2,5-6H,3-4,7-8,17H2. The minimum atomic E-state index is -4.83. The summed E-state index contributed by atoms with van der Waals surface area (Å²) in [4.78, 5) is 12.3. The van der Waals surface area contributed by atoms with Gasteiger partial charge < -0.3 is 10.5 Å². The second kappa shape index (κ2) is 4.85. The normalized spacial score (nSPS) is 18.3. The number of carbonyl (C=O) groups is 1. The van der Waals surface area contributed by atoms with Gasteiger partial charge >= 0.3 is 6.36 Å². The maximum Gasteiger partial charge on any atom is 0.573 e. The topological polar surface area (TPSA) is 52.3 Å². The van der Waals surface area contributed by atoms with Gasteiger partial charge in [-0.2, -0.15) is 0 Å². The van der Waals surface area contributed by atoms with Crippen molar-refractivity contribution in [2.75, 3.05) is 0 Å². The molecule has 6 heteroatoms. The van der Waals surface area contributed by atoms with Gasteiger partial charge in [-0.05, 0) is 25.0 Å². The van der Waals surface area contributed by atoms with E-state index in [4.69, 9.17) is 5.73 Å². The molecule has 0 heterocycles. The Morgan fingerprint density at radius 3 is 2.37 bits per heavy atom. The van der Waals surface area contributed by atoms with Gasteiger partial charge in [0.15, 0.2) is 5.78 Å². The molecule has 2 N–H and O–H groups in total. The van der Waals surface area contributed by atoms with Crippen LogP contribution in [0.1, 0.15) is 36.0 Å². The van der Waals surface area contributed by atoms with Crippen LogP contribution in [0, 0.1) is 0 Å². The predicted molar refractivity (Wildman–Crippen MR) is 62.8 cm³/mol. The third-order valence-corrected chi connectivity index (χ3v) is 3.31. The number of hydrogen-bond donors (Lipinski definition) is 1. The number of hydrogen-bond acceptors (Lipinski definition) is 3. The predicted octanol–water partition coefficient (Wildman–Crippen LogP) is 3.04. The van der Waals surface area contributed by atoms with E-state index in [1.54, 1.807) is 0 Å². The number of para-hydroxylation sites is 1. The molecule has 19 heavy (non-hydrogen) atoms. The van der Waals surface area contributed by atoms with Crippen molar-refractivity contribution in [3.63, 3.8) is 0 Å². The summed E-state index contributed by atoms with van der Waals surface area (Å²) < 4.78 is 40.8. The first-order valence-corrected chi connectivity index (χ1v) is 6.00. The third kappa shape index (κ3) is 3.07. The maximum absolute atomic E-state index is 12.3.